The maximum atomic E-state index is 13.1. The van der Waals surface area contributed by atoms with Crippen LogP contribution in [-0.2, 0) is 4.74 Å². The van der Waals surface area contributed by atoms with Gasteiger partial charge in [-0.25, -0.2) is 0 Å². The van der Waals surface area contributed by atoms with Crippen LogP contribution in [0.25, 0.3) is 10.9 Å². The first-order valence-electron chi connectivity index (χ1n) is 10.1. The van der Waals surface area contributed by atoms with Crippen LogP contribution >= 0.6 is 0 Å². The molecular formula is C22H28N2O5. The number of nitrogens with zero attached hydrogens (tertiary/aromatic N) is 2. The lowest BCUT2D eigenvalue weighted by molar-refractivity contribution is 0.0963. The van der Waals surface area contributed by atoms with Gasteiger partial charge in [0.05, 0.1) is 18.7 Å². The first kappa shape index (κ1) is 20.9. The van der Waals surface area contributed by atoms with Gasteiger partial charge in [-0.2, -0.15) is 0 Å². The standard InChI is InChI=1S/C22H28N2O5/c1-3-5-6-7-19(25)20-21(26)17-9-8-16(23-10-13-28-14-11-23)15-18(17)24(22(20)27)29-12-4-2/h4,8-9,15,26H,2-3,5-7,10-14H2,1H3. The summed E-state index contributed by atoms with van der Waals surface area (Å²) in [6, 6.07) is 5.41. The number of hydrogen-bond acceptors (Lipinski definition) is 6. The monoisotopic (exact) mass is 400 g/mol. The summed E-state index contributed by atoms with van der Waals surface area (Å²) in [5, 5.41) is 11.2. The Morgan fingerprint density at radius 2 is 2.07 bits per heavy atom. The van der Waals surface area contributed by atoms with E-state index in [2.05, 4.69) is 11.5 Å². The van der Waals surface area contributed by atoms with Crippen LogP contribution in [-0.4, -0.2) is 48.5 Å². The molecule has 156 valence electrons. The largest absolute Gasteiger partial charge is 0.506 e. The molecule has 1 aromatic carbocycles. The van der Waals surface area contributed by atoms with Crippen molar-refractivity contribution in [2.75, 3.05) is 37.8 Å². The summed E-state index contributed by atoms with van der Waals surface area (Å²) in [5.41, 5.74) is 0.468. The molecule has 0 bridgehead atoms. The zero-order chi connectivity index (χ0) is 20.8. The second-order valence-electron chi connectivity index (χ2n) is 7.09. The smallest absolute Gasteiger partial charge is 0.298 e. The summed E-state index contributed by atoms with van der Waals surface area (Å²) in [6.07, 6.45) is 4.28. The molecule has 1 fully saturated rings. The highest BCUT2D eigenvalue weighted by Crippen LogP contribution is 2.30. The molecule has 0 spiro atoms. The molecule has 0 atom stereocenters. The van der Waals surface area contributed by atoms with E-state index in [0.29, 0.717) is 30.5 Å². The summed E-state index contributed by atoms with van der Waals surface area (Å²) >= 11 is 0. The van der Waals surface area contributed by atoms with Gasteiger partial charge in [-0.15, -0.1) is 4.73 Å². The lowest BCUT2D eigenvalue weighted by Crippen LogP contribution is -2.36. The third-order valence-corrected chi connectivity index (χ3v) is 5.07. The number of unbranched alkanes of at least 4 members (excludes halogenated alkanes) is 2. The third kappa shape index (κ3) is 4.45. The molecule has 1 aliphatic heterocycles. The molecule has 29 heavy (non-hydrogen) atoms. The van der Waals surface area contributed by atoms with Crippen LogP contribution in [0.15, 0.2) is 35.6 Å². The fraction of sp³-hybridized carbons (Fsp3) is 0.455. The molecule has 2 heterocycles. The molecule has 2 aromatic rings. The van der Waals surface area contributed by atoms with Gasteiger partial charge in [-0.05, 0) is 24.6 Å². The highest BCUT2D eigenvalue weighted by atomic mass is 16.7. The number of carbonyl (C=O) groups excluding carboxylic acids is 1. The molecule has 0 saturated carbocycles. The van der Waals surface area contributed by atoms with Gasteiger partial charge in [-0.1, -0.05) is 32.4 Å². The van der Waals surface area contributed by atoms with Crippen molar-refractivity contribution in [3.05, 3.63) is 46.8 Å². The Bertz CT molecular complexity index is 944. The fourth-order valence-corrected chi connectivity index (χ4v) is 3.52. The Morgan fingerprint density at radius 1 is 1.31 bits per heavy atom. The molecule has 1 aliphatic rings. The van der Waals surface area contributed by atoms with Gasteiger partial charge in [0.2, 0.25) is 0 Å². The van der Waals surface area contributed by atoms with E-state index in [0.717, 1.165) is 36.3 Å². The lowest BCUT2D eigenvalue weighted by atomic mass is 10.0. The van der Waals surface area contributed by atoms with Crippen LogP contribution < -0.4 is 15.3 Å². The van der Waals surface area contributed by atoms with Crippen molar-refractivity contribution >= 4 is 22.4 Å². The van der Waals surface area contributed by atoms with Gasteiger partial charge in [0, 0.05) is 30.6 Å². The molecule has 7 nitrogen and oxygen atoms in total. The number of Topliss-reactive ketones (excluding diaryl/α,β-unsaturated/α-hetero) is 1. The normalized spacial score (nSPS) is 14.2. The minimum atomic E-state index is -0.641. The summed E-state index contributed by atoms with van der Waals surface area (Å²) in [6.45, 7) is 8.51. The minimum absolute atomic E-state index is 0.102. The van der Waals surface area contributed by atoms with Crippen LogP contribution in [0, 0.1) is 0 Å². The zero-order valence-electron chi connectivity index (χ0n) is 16.9. The van der Waals surface area contributed by atoms with Crippen molar-refractivity contribution in [2.24, 2.45) is 0 Å². The number of morpholine rings is 1. The molecular weight excluding hydrogens is 372 g/mol. The number of anilines is 1. The van der Waals surface area contributed by atoms with Gasteiger partial charge >= 0.3 is 0 Å². The van der Waals surface area contributed by atoms with Crippen LogP contribution in [0.4, 0.5) is 5.69 Å². The molecule has 1 aromatic heterocycles. The SMILES string of the molecule is C=CCOn1c(=O)c(C(=O)CCCCC)c(O)c2ccc(N3CCOCC3)cc21. The Morgan fingerprint density at radius 3 is 2.76 bits per heavy atom. The van der Waals surface area contributed by atoms with Crippen molar-refractivity contribution in [1.82, 2.24) is 4.73 Å². The number of benzene rings is 1. The topological polar surface area (TPSA) is 81.0 Å². The highest BCUT2D eigenvalue weighted by Gasteiger charge is 2.23. The van der Waals surface area contributed by atoms with Gasteiger partial charge in [0.15, 0.2) is 5.78 Å². The number of fused-ring (bicyclic) bond motifs is 1. The number of aromatic hydroxyl groups is 1. The van der Waals surface area contributed by atoms with E-state index < -0.39 is 5.56 Å². The van der Waals surface area contributed by atoms with Gasteiger partial charge in [0.25, 0.3) is 5.56 Å². The van der Waals surface area contributed by atoms with Crippen molar-refractivity contribution in [2.45, 2.75) is 32.6 Å². The first-order valence-corrected chi connectivity index (χ1v) is 10.1. The van der Waals surface area contributed by atoms with Crippen molar-refractivity contribution < 1.29 is 19.5 Å². The lowest BCUT2D eigenvalue weighted by Gasteiger charge is -2.29. The van der Waals surface area contributed by atoms with Crippen LogP contribution in [0.5, 0.6) is 5.75 Å². The van der Waals surface area contributed by atoms with E-state index in [1.165, 1.54) is 6.08 Å². The number of aromatic nitrogens is 1. The number of rotatable bonds is 9. The Balaban J connectivity index is 2.10. The van der Waals surface area contributed by atoms with Gasteiger partial charge < -0.3 is 19.6 Å². The first-order chi connectivity index (χ1) is 14.1. The average molecular weight is 400 g/mol. The molecule has 7 heteroatoms. The fourth-order valence-electron chi connectivity index (χ4n) is 3.52. The van der Waals surface area contributed by atoms with Crippen molar-refractivity contribution in [1.29, 1.82) is 0 Å². The Hall–Kier alpha value is -2.80. The minimum Gasteiger partial charge on any atom is -0.506 e. The Kier molecular flexibility index (Phi) is 6.93. The van der Waals surface area contributed by atoms with Gasteiger partial charge in [-0.3, -0.25) is 9.59 Å². The molecule has 3 rings (SSSR count). The highest BCUT2D eigenvalue weighted by molar-refractivity contribution is 6.03. The quantitative estimate of drug-likeness (QED) is 0.396. The zero-order valence-corrected chi connectivity index (χ0v) is 16.9. The number of carbonyl (C=O) groups is 1. The van der Waals surface area contributed by atoms with Crippen molar-refractivity contribution in [3.63, 3.8) is 0 Å². The van der Waals surface area contributed by atoms with Gasteiger partial charge in [0.1, 0.15) is 17.9 Å². The molecule has 0 unspecified atom stereocenters. The third-order valence-electron chi connectivity index (χ3n) is 5.07. The maximum absolute atomic E-state index is 13.1. The molecule has 0 radical (unpaired) electrons. The summed E-state index contributed by atoms with van der Waals surface area (Å²) in [7, 11) is 0. The maximum Gasteiger partial charge on any atom is 0.298 e. The summed E-state index contributed by atoms with van der Waals surface area (Å²) in [5.74, 6) is -0.644. The molecule has 0 aliphatic carbocycles. The molecule has 1 saturated heterocycles. The van der Waals surface area contributed by atoms with Crippen molar-refractivity contribution in [3.8, 4) is 5.75 Å². The van der Waals surface area contributed by atoms with E-state index in [4.69, 9.17) is 9.57 Å². The summed E-state index contributed by atoms with van der Waals surface area (Å²) < 4.78 is 6.50. The average Bonchev–Trinajstić information content (AvgIpc) is 2.74. The van der Waals surface area contributed by atoms with E-state index in [-0.39, 0.29) is 30.1 Å². The second kappa shape index (κ2) is 9.60. The van der Waals surface area contributed by atoms with Crippen LogP contribution in [0.1, 0.15) is 43.0 Å². The number of ketones is 1. The van der Waals surface area contributed by atoms with E-state index in [1.807, 2.05) is 13.0 Å². The number of pyridine rings is 1. The second-order valence-corrected chi connectivity index (χ2v) is 7.09. The Labute approximate surface area is 170 Å². The number of hydrogen-bond donors (Lipinski definition) is 1. The predicted molar refractivity (Wildman–Crippen MR) is 113 cm³/mol. The van der Waals surface area contributed by atoms with Crippen LogP contribution in [0.3, 0.4) is 0 Å². The number of ether oxygens (including phenoxy) is 1. The molecule has 1 N–H and O–H groups in total. The molecule has 0 amide bonds. The van der Waals surface area contributed by atoms with E-state index in [1.54, 1.807) is 12.1 Å². The summed E-state index contributed by atoms with van der Waals surface area (Å²) in [4.78, 5) is 33.5. The van der Waals surface area contributed by atoms with E-state index in [9.17, 15) is 14.7 Å². The van der Waals surface area contributed by atoms with Crippen LogP contribution in [0.2, 0.25) is 0 Å². The predicted octanol–water partition coefficient (Wildman–Crippen LogP) is 2.92. The van der Waals surface area contributed by atoms with E-state index >= 15 is 0 Å².